The molecule has 118 valence electrons. The van der Waals surface area contributed by atoms with Crippen LogP contribution >= 0.6 is 0 Å². The van der Waals surface area contributed by atoms with Crippen LogP contribution in [-0.2, 0) is 9.53 Å². The van der Waals surface area contributed by atoms with Gasteiger partial charge in [0.25, 0.3) is 0 Å². The predicted octanol–water partition coefficient (Wildman–Crippen LogP) is 1.07. The van der Waals surface area contributed by atoms with Crippen LogP contribution in [0.5, 0.6) is 0 Å². The molecule has 2 N–H and O–H groups in total. The standard InChI is InChI=1S/C15H31N3O2/c1-4-20-14(19)15(2,16)8-5-6-10-18-11-7-9-17(3)12-13-18/h4-13,16H2,1-3H3. The second-order valence-electron chi connectivity index (χ2n) is 6.09. The first-order valence-electron chi connectivity index (χ1n) is 7.82. The summed E-state index contributed by atoms with van der Waals surface area (Å²) >= 11 is 0. The van der Waals surface area contributed by atoms with Gasteiger partial charge in [0.05, 0.1) is 6.61 Å². The third kappa shape index (κ3) is 6.20. The van der Waals surface area contributed by atoms with Crippen LogP contribution in [0, 0.1) is 0 Å². The number of nitrogens with two attached hydrogens (primary N) is 1. The molecule has 1 aliphatic rings. The van der Waals surface area contributed by atoms with Crippen LogP contribution < -0.4 is 5.73 Å². The number of hydrogen-bond acceptors (Lipinski definition) is 5. The third-order valence-corrected chi connectivity index (χ3v) is 3.97. The number of unbranched alkanes of at least 4 members (excludes halogenated alkanes) is 1. The molecular weight excluding hydrogens is 254 g/mol. The number of likely N-dealkylation sites (N-methyl/N-ethyl adjacent to an activating group) is 1. The molecule has 1 aliphatic heterocycles. The molecule has 0 radical (unpaired) electrons. The molecule has 1 atom stereocenters. The van der Waals surface area contributed by atoms with Crippen molar-refractivity contribution >= 4 is 5.97 Å². The highest BCUT2D eigenvalue weighted by atomic mass is 16.5. The summed E-state index contributed by atoms with van der Waals surface area (Å²) in [5, 5.41) is 0. The Labute approximate surface area is 123 Å². The molecule has 0 amide bonds. The van der Waals surface area contributed by atoms with Crippen molar-refractivity contribution in [3.05, 3.63) is 0 Å². The quantitative estimate of drug-likeness (QED) is 0.560. The molecule has 0 spiro atoms. The lowest BCUT2D eigenvalue weighted by Crippen LogP contribution is -2.46. The molecule has 1 saturated heterocycles. The summed E-state index contributed by atoms with van der Waals surface area (Å²) < 4.78 is 5.00. The van der Waals surface area contributed by atoms with Crippen molar-refractivity contribution < 1.29 is 9.53 Å². The van der Waals surface area contributed by atoms with Gasteiger partial charge < -0.3 is 20.3 Å². The van der Waals surface area contributed by atoms with Crippen molar-refractivity contribution in [2.24, 2.45) is 5.73 Å². The Balaban J connectivity index is 2.19. The van der Waals surface area contributed by atoms with Crippen molar-refractivity contribution in [3.8, 4) is 0 Å². The fourth-order valence-electron chi connectivity index (χ4n) is 2.55. The second kappa shape index (κ2) is 8.60. The lowest BCUT2D eigenvalue weighted by atomic mass is 9.96. The molecule has 1 unspecified atom stereocenters. The minimum Gasteiger partial charge on any atom is -0.465 e. The number of rotatable bonds is 7. The predicted molar refractivity (Wildman–Crippen MR) is 81.6 cm³/mol. The van der Waals surface area contributed by atoms with E-state index in [0.29, 0.717) is 13.0 Å². The van der Waals surface area contributed by atoms with Crippen LogP contribution in [0.25, 0.3) is 0 Å². The summed E-state index contributed by atoms with van der Waals surface area (Å²) in [6.45, 7) is 9.75. The van der Waals surface area contributed by atoms with E-state index in [2.05, 4.69) is 16.8 Å². The fourth-order valence-corrected chi connectivity index (χ4v) is 2.55. The molecule has 0 saturated carbocycles. The zero-order chi connectivity index (χ0) is 15.0. The lowest BCUT2D eigenvalue weighted by Gasteiger charge is -2.23. The summed E-state index contributed by atoms with van der Waals surface area (Å²) in [4.78, 5) is 16.6. The third-order valence-electron chi connectivity index (χ3n) is 3.97. The second-order valence-corrected chi connectivity index (χ2v) is 6.09. The first-order chi connectivity index (χ1) is 9.45. The molecule has 1 fully saturated rings. The van der Waals surface area contributed by atoms with Gasteiger partial charge in [-0.25, -0.2) is 0 Å². The monoisotopic (exact) mass is 285 g/mol. The largest absolute Gasteiger partial charge is 0.465 e. The topological polar surface area (TPSA) is 58.8 Å². The van der Waals surface area contributed by atoms with Crippen molar-refractivity contribution in [2.75, 3.05) is 46.4 Å². The fraction of sp³-hybridized carbons (Fsp3) is 0.933. The Bertz CT molecular complexity index is 295. The van der Waals surface area contributed by atoms with Gasteiger partial charge in [0.2, 0.25) is 0 Å². The van der Waals surface area contributed by atoms with E-state index in [1.807, 2.05) is 6.92 Å². The Morgan fingerprint density at radius 3 is 2.70 bits per heavy atom. The van der Waals surface area contributed by atoms with Crippen molar-refractivity contribution in [2.45, 2.75) is 45.1 Å². The van der Waals surface area contributed by atoms with Gasteiger partial charge in [0, 0.05) is 13.1 Å². The van der Waals surface area contributed by atoms with Gasteiger partial charge in [-0.1, -0.05) is 0 Å². The SMILES string of the molecule is CCOC(=O)C(C)(N)CCCCN1CCCN(C)CC1. The van der Waals surface area contributed by atoms with Crippen LogP contribution in [0.15, 0.2) is 0 Å². The Hall–Kier alpha value is -0.650. The maximum atomic E-state index is 11.7. The van der Waals surface area contributed by atoms with E-state index in [1.165, 1.54) is 19.5 Å². The normalized spacial score (nSPS) is 21.2. The first kappa shape index (κ1) is 17.4. The zero-order valence-electron chi connectivity index (χ0n) is 13.4. The van der Waals surface area contributed by atoms with Gasteiger partial charge in [0.15, 0.2) is 0 Å². The minimum atomic E-state index is -0.838. The van der Waals surface area contributed by atoms with Crippen molar-refractivity contribution in [1.29, 1.82) is 0 Å². The summed E-state index contributed by atoms with van der Waals surface area (Å²) in [6, 6.07) is 0. The Kier molecular flexibility index (Phi) is 7.48. The Morgan fingerprint density at radius 1 is 1.25 bits per heavy atom. The zero-order valence-corrected chi connectivity index (χ0v) is 13.4. The molecule has 5 heteroatoms. The van der Waals surface area contributed by atoms with Crippen LogP contribution in [0.3, 0.4) is 0 Å². The maximum Gasteiger partial charge on any atom is 0.325 e. The molecule has 20 heavy (non-hydrogen) atoms. The minimum absolute atomic E-state index is 0.281. The highest BCUT2D eigenvalue weighted by Gasteiger charge is 2.29. The van der Waals surface area contributed by atoms with Crippen molar-refractivity contribution in [1.82, 2.24) is 9.80 Å². The molecule has 1 rings (SSSR count). The highest BCUT2D eigenvalue weighted by Crippen LogP contribution is 2.13. The van der Waals surface area contributed by atoms with E-state index in [-0.39, 0.29) is 5.97 Å². The summed E-state index contributed by atoms with van der Waals surface area (Å²) in [5.41, 5.74) is 5.18. The van der Waals surface area contributed by atoms with Gasteiger partial charge in [-0.15, -0.1) is 0 Å². The van der Waals surface area contributed by atoms with Gasteiger partial charge in [-0.05, 0) is 66.2 Å². The first-order valence-corrected chi connectivity index (χ1v) is 7.82. The van der Waals surface area contributed by atoms with E-state index >= 15 is 0 Å². The molecule has 0 bridgehead atoms. The number of carbonyl (C=O) groups excluding carboxylic acids is 1. The summed E-state index contributed by atoms with van der Waals surface area (Å²) in [6.07, 6.45) is 4.00. The summed E-state index contributed by atoms with van der Waals surface area (Å²) in [7, 11) is 2.18. The molecule has 5 nitrogen and oxygen atoms in total. The van der Waals surface area contributed by atoms with E-state index in [4.69, 9.17) is 10.5 Å². The average Bonchev–Trinajstić information content (AvgIpc) is 2.60. The maximum absolute atomic E-state index is 11.7. The van der Waals surface area contributed by atoms with Gasteiger partial charge >= 0.3 is 5.97 Å². The number of hydrogen-bond donors (Lipinski definition) is 1. The van der Waals surface area contributed by atoms with Crippen molar-refractivity contribution in [3.63, 3.8) is 0 Å². The van der Waals surface area contributed by atoms with Crippen LogP contribution in [0.1, 0.15) is 39.5 Å². The van der Waals surface area contributed by atoms with Gasteiger partial charge in [-0.3, -0.25) is 4.79 Å². The molecule has 0 aromatic rings. The number of esters is 1. The lowest BCUT2D eigenvalue weighted by molar-refractivity contribution is -0.149. The number of ether oxygens (including phenoxy) is 1. The average molecular weight is 285 g/mol. The van der Waals surface area contributed by atoms with Crippen LogP contribution in [0.4, 0.5) is 0 Å². The smallest absolute Gasteiger partial charge is 0.325 e. The molecule has 0 aromatic carbocycles. The Morgan fingerprint density at radius 2 is 2.00 bits per heavy atom. The highest BCUT2D eigenvalue weighted by molar-refractivity contribution is 5.79. The molecular formula is C15H31N3O2. The van der Waals surface area contributed by atoms with Gasteiger partial charge in [-0.2, -0.15) is 0 Å². The van der Waals surface area contributed by atoms with E-state index in [0.717, 1.165) is 32.5 Å². The molecule has 0 aliphatic carbocycles. The van der Waals surface area contributed by atoms with E-state index in [9.17, 15) is 4.79 Å². The number of carbonyl (C=O) groups is 1. The van der Waals surface area contributed by atoms with E-state index < -0.39 is 5.54 Å². The number of nitrogens with zero attached hydrogens (tertiary/aromatic N) is 2. The van der Waals surface area contributed by atoms with Crippen LogP contribution in [-0.4, -0.2) is 67.7 Å². The van der Waals surface area contributed by atoms with Gasteiger partial charge in [0.1, 0.15) is 5.54 Å². The van der Waals surface area contributed by atoms with Crippen LogP contribution in [0.2, 0.25) is 0 Å². The molecule has 1 heterocycles. The summed E-state index contributed by atoms with van der Waals surface area (Å²) in [5.74, 6) is -0.281. The molecule has 0 aromatic heterocycles. The van der Waals surface area contributed by atoms with E-state index in [1.54, 1.807) is 6.92 Å².